The first-order chi connectivity index (χ1) is 8.50. The zero-order chi connectivity index (χ0) is 13.3. The van der Waals surface area contributed by atoms with Crippen molar-refractivity contribution >= 4 is 5.91 Å². The van der Waals surface area contributed by atoms with Crippen molar-refractivity contribution in [1.82, 2.24) is 4.90 Å². The van der Waals surface area contributed by atoms with Gasteiger partial charge in [0.2, 0.25) is 0 Å². The Labute approximate surface area is 108 Å². The van der Waals surface area contributed by atoms with Gasteiger partial charge in [0.1, 0.15) is 5.82 Å². The van der Waals surface area contributed by atoms with Crippen LogP contribution in [0.5, 0.6) is 0 Å². The first-order valence-electron chi connectivity index (χ1n) is 6.58. The number of carbonyl (C=O) groups is 1. The number of benzene rings is 1. The van der Waals surface area contributed by atoms with E-state index in [0.717, 1.165) is 19.4 Å². The molecule has 0 bridgehead atoms. The standard InChI is InChI=1S/C15H20FNO/c1-10(2)14-5-4-8-17(14)15(18)12-6-7-13(16)11(3)9-12/h6-7,9-10,14H,4-5,8H2,1-3H3. The molecule has 0 saturated carbocycles. The maximum atomic E-state index is 13.2. The number of halogens is 1. The second kappa shape index (κ2) is 5.09. The van der Waals surface area contributed by atoms with Gasteiger partial charge in [0, 0.05) is 18.2 Å². The third-order valence-electron chi connectivity index (χ3n) is 3.73. The van der Waals surface area contributed by atoms with Gasteiger partial charge in [-0.3, -0.25) is 4.79 Å². The quantitative estimate of drug-likeness (QED) is 0.786. The summed E-state index contributed by atoms with van der Waals surface area (Å²) in [4.78, 5) is 14.4. The van der Waals surface area contributed by atoms with E-state index < -0.39 is 0 Å². The van der Waals surface area contributed by atoms with Gasteiger partial charge in [0.25, 0.3) is 5.91 Å². The molecular formula is C15H20FNO. The number of hydrogen-bond acceptors (Lipinski definition) is 1. The molecule has 2 rings (SSSR count). The number of likely N-dealkylation sites (tertiary alicyclic amines) is 1. The Hall–Kier alpha value is -1.38. The molecule has 0 aliphatic carbocycles. The summed E-state index contributed by atoms with van der Waals surface area (Å²) in [6.07, 6.45) is 2.14. The third kappa shape index (κ3) is 2.40. The van der Waals surface area contributed by atoms with Crippen molar-refractivity contribution in [3.63, 3.8) is 0 Å². The summed E-state index contributed by atoms with van der Waals surface area (Å²) >= 11 is 0. The van der Waals surface area contributed by atoms with Gasteiger partial charge in [0.05, 0.1) is 0 Å². The molecule has 3 heteroatoms. The van der Waals surface area contributed by atoms with Gasteiger partial charge in [-0.2, -0.15) is 0 Å². The average molecular weight is 249 g/mol. The van der Waals surface area contributed by atoms with Gasteiger partial charge in [0.15, 0.2) is 0 Å². The molecule has 2 nitrogen and oxygen atoms in total. The van der Waals surface area contributed by atoms with Crippen LogP contribution in [0.1, 0.15) is 42.6 Å². The van der Waals surface area contributed by atoms with Crippen molar-refractivity contribution in [3.05, 3.63) is 35.1 Å². The molecule has 98 valence electrons. The maximum Gasteiger partial charge on any atom is 0.254 e. The lowest BCUT2D eigenvalue weighted by Crippen LogP contribution is -2.38. The molecule has 18 heavy (non-hydrogen) atoms. The zero-order valence-corrected chi connectivity index (χ0v) is 11.2. The molecule has 0 aromatic heterocycles. The monoisotopic (exact) mass is 249 g/mol. The van der Waals surface area contributed by atoms with Crippen LogP contribution in [0.25, 0.3) is 0 Å². The minimum Gasteiger partial charge on any atom is -0.335 e. The number of nitrogens with zero attached hydrogens (tertiary/aromatic N) is 1. The van der Waals surface area contributed by atoms with E-state index in [0.29, 0.717) is 23.1 Å². The topological polar surface area (TPSA) is 20.3 Å². The Balaban J connectivity index is 2.22. The lowest BCUT2D eigenvalue weighted by atomic mass is 10.0. The molecule has 0 N–H and O–H groups in total. The molecule has 1 amide bonds. The molecule has 0 spiro atoms. The Kier molecular flexibility index (Phi) is 3.69. The van der Waals surface area contributed by atoms with E-state index in [9.17, 15) is 9.18 Å². The predicted molar refractivity (Wildman–Crippen MR) is 70.0 cm³/mol. The number of amides is 1. The molecule has 1 aliphatic rings. The van der Waals surface area contributed by atoms with Crippen molar-refractivity contribution in [1.29, 1.82) is 0 Å². The number of rotatable bonds is 2. The molecule has 1 aromatic carbocycles. The van der Waals surface area contributed by atoms with E-state index in [1.54, 1.807) is 19.1 Å². The van der Waals surface area contributed by atoms with E-state index in [4.69, 9.17) is 0 Å². The first-order valence-corrected chi connectivity index (χ1v) is 6.58. The highest BCUT2D eigenvalue weighted by molar-refractivity contribution is 5.94. The van der Waals surface area contributed by atoms with E-state index in [1.807, 2.05) is 4.90 Å². The molecule has 1 saturated heterocycles. The Morgan fingerprint density at radius 2 is 2.17 bits per heavy atom. The molecule has 1 unspecified atom stereocenters. The molecule has 1 aromatic rings. The van der Waals surface area contributed by atoms with Gasteiger partial charge in [-0.25, -0.2) is 4.39 Å². The summed E-state index contributed by atoms with van der Waals surface area (Å²) < 4.78 is 13.2. The van der Waals surface area contributed by atoms with E-state index in [2.05, 4.69) is 13.8 Å². The summed E-state index contributed by atoms with van der Waals surface area (Å²) in [5.41, 5.74) is 1.13. The third-order valence-corrected chi connectivity index (χ3v) is 3.73. The highest BCUT2D eigenvalue weighted by Crippen LogP contribution is 2.25. The van der Waals surface area contributed by atoms with Crippen LogP contribution in [0.2, 0.25) is 0 Å². The fraction of sp³-hybridized carbons (Fsp3) is 0.533. The minimum atomic E-state index is -0.256. The zero-order valence-electron chi connectivity index (χ0n) is 11.2. The van der Waals surface area contributed by atoms with Gasteiger partial charge in [-0.15, -0.1) is 0 Å². The van der Waals surface area contributed by atoms with E-state index in [1.165, 1.54) is 6.07 Å². The number of carbonyl (C=O) groups excluding carboxylic acids is 1. The fourth-order valence-electron chi connectivity index (χ4n) is 2.68. The lowest BCUT2D eigenvalue weighted by Gasteiger charge is -2.27. The molecule has 1 atom stereocenters. The summed E-state index contributed by atoms with van der Waals surface area (Å²) in [6.45, 7) is 6.80. The van der Waals surface area contributed by atoms with Crippen LogP contribution in [0.15, 0.2) is 18.2 Å². The summed E-state index contributed by atoms with van der Waals surface area (Å²) in [5, 5.41) is 0. The smallest absolute Gasteiger partial charge is 0.254 e. The van der Waals surface area contributed by atoms with Crippen LogP contribution in [0.4, 0.5) is 4.39 Å². The van der Waals surface area contributed by atoms with Crippen molar-refractivity contribution < 1.29 is 9.18 Å². The van der Waals surface area contributed by atoms with Crippen LogP contribution < -0.4 is 0 Å². The van der Waals surface area contributed by atoms with E-state index >= 15 is 0 Å². The normalized spacial score (nSPS) is 19.6. The molecule has 0 radical (unpaired) electrons. The number of aryl methyl sites for hydroxylation is 1. The van der Waals surface area contributed by atoms with Crippen LogP contribution in [0, 0.1) is 18.7 Å². The second-order valence-corrected chi connectivity index (χ2v) is 5.42. The van der Waals surface area contributed by atoms with Gasteiger partial charge in [-0.05, 0) is 49.4 Å². The van der Waals surface area contributed by atoms with Gasteiger partial charge in [-0.1, -0.05) is 13.8 Å². The number of hydrogen-bond donors (Lipinski definition) is 0. The molecule has 1 heterocycles. The van der Waals surface area contributed by atoms with Crippen LogP contribution in [-0.4, -0.2) is 23.4 Å². The molecule has 1 fully saturated rings. The second-order valence-electron chi connectivity index (χ2n) is 5.42. The molecular weight excluding hydrogens is 229 g/mol. The highest BCUT2D eigenvalue weighted by Gasteiger charge is 2.31. The van der Waals surface area contributed by atoms with Crippen LogP contribution in [-0.2, 0) is 0 Å². The van der Waals surface area contributed by atoms with Crippen LogP contribution in [0.3, 0.4) is 0 Å². The maximum absolute atomic E-state index is 13.2. The fourth-order valence-corrected chi connectivity index (χ4v) is 2.68. The first kappa shape index (κ1) is 13.1. The average Bonchev–Trinajstić information content (AvgIpc) is 2.81. The predicted octanol–water partition coefficient (Wildman–Crippen LogP) is 3.39. The minimum absolute atomic E-state index is 0.0364. The van der Waals surface area contributed by atoms with Crippen molar-refractivity contribution in [3.8, 4) is 0 Å². The van der Waals surface area contributed by atoms with Gasteiger partial charge < -0.3 is 4.90 Å². The van der Waals surface area contributed by atoms with Crippen molar-refractivity contribution in [2.24, 2.45) is 5.92 Å². The lowest BCUT2D eigenvalue weighted by molar-refractivity contribution is 0.0701. The van der Waals surface area contributed by atoms with Crippen LogP contribution >= 0.6 is 0 Å². The van der Waals surface area contributed by atoms with Gasteiger partial charge >= 0.3 is 0 Å². The highest BCUT2D eigenvalue weighted by atomic mass is 19.1. The summed E-state index contributed by atoms with van der Waals surface area (Å²) in [5.74, 6) is 0.251. The van der Waals surface area contributed by atoms with Crippen molar-refractivity contribution in [2.45, 2.75) is 39.7 Å². The Morgan fingerprint density at radius 3 is 2.78 bits per heavy atom. The summed E-state index contributed by atoms with van der Waals surface area (Å²) in [6, 6.07) is 4.93. The molecule has 1 aliphatic heterocycles. The summed E-state index contributed by atoms with van der Waals surface area (Å²) in [7, 11) is 0. The van der Waals surface area contributed by atoms with E-state index in [-0.39, 0.29) is 11.7 Å². The SMILES string of the molecule is Cc1cc(C(=O)N2CCCC2C(C)C)ccc1F. The largest absolute Gasteiger partial charge is 0.335 e. The Morgan fingerprint density at radius 1 is 1.44 bits per heavy atom. The Bertz CT molecular complexity index is 456. The van der Waals surface area contributed by atoms with Crippen molar-refractivity contribution in [2.75, 3.05) is 6.54 Å².